The molecule has 3 aromatic rings. The number of amides is 2. The number of nitrogens with two attached hydrogens (primary N) is 1. The second kappa shape index (κ2) is 7.57. The van der Waals surface area contributed by atoms with Crippen LogP contribution in [0.1, 0.15) is 29.4 Å². The summed E-state index contributed by atoms with van der Waals surface area (Å²) in [7, 11) is 1.55. The first-order valence-corrected chi connectivity index (χ1v) is 8.68. The largest absolute Gasteiger partial charge is 0.368 e. The van der Waals surface area contributed by atoms with Gasteiger partial charge in [0.25, 0.3) is 5.91 Å². The van der Waals surface area contributed by atoms with Gasteiger partial charge in [-0.15, -0.1) is 0 Å². The van der Waals surface area contributed by atoms with Crippen LogP contribution in [0.15, 0.2) is 48.5 Å². The minimum atomic E-state index is -0.696. The second-order valence-electron chi connectivity index (χ2n) is 6.39. The van der Waals surface area contributed by atoms with Crippen molar-refractivity contribution in [1.82, 2.24) is 14.7 Å². The minimum absolute atomic E-state index is 0.259. The van der Waals surface area contributed by atoms with E-state index in [1.54, 1.807) is 30.8 Å². The number of hydrogen-bond acceptors (Lipinski definition) is 3. The Bertz CT molecular complexity index is 981. The molecule has 0 aliphatic heterocycles. The number of carbonyl (C=O) groups is 2. The second-order valence-corrected chi connectivity index (χ2v) is 6.39. The van der Waals surface area contributed by atoms with Gasteiger partial charge in [-0.1, -0.05) is 37.3 Å². The van der Waals surface area contributed by atoms with Crippen LogP contribution >= 0.6 is 0 Å². The van der Waals surface area contributed by atoms with E-state index < -0.39 is 11.9 Å². The van der Waals surface area contributed by atoms with Gasteiger partial charge in [0.2, 0.25) is 5.91 Å². The molecule has 27 heavy (non-hydrogen) atoms. The molecule has 0 aliphatic carbocycles. The Kier molecular flexibility index (Phi) is 5.21. The zero-order valence-electron chi connectivity index (χ0n) is 15.2. The molecule has 2 aromatic carbocycles. The third-order valence-electron chi connectivity index (χ3n) is 4.61. The van der Waals surface area contributed by atoms with Gasteiger partial charge in [0, 0.05) is 12.4 Å². The molecular formula is C20H21FN4O2. The summed E-state index contributed by atoms with van der Waals surface area (Å²) >= 11 is 0. The Morgan fingerprint density at radius 2 is 1.85 bits per heavy atom. The third kappa shape index (κ3) is 3.67. The topological polar surface area (TPSA) is 81.2 Å². The molecule has 1 aromatic heterocycles. The number of primary amides is 1. The standard InChI is InChI=1S/C20H21FN4O2/c1-3-16(19(22)26)24(2)20(27)18-15-6-4-5-7-17(15)25(23-18)12-13-8-10-14(21)11-9-13/h4-11,16H,3,12H2,1-2H3,(H2,22,26)/t16-/m1/s1. The van der Waals surface area contributed by atoms with Crippen LogP contribution in [0.25, 0.3) is 10.9 Å². The molecule has 6 nitrogen and oxygen atoms in total. The number of para-hydroxylation sites is 1. The summed E-state index contributed by atoms with van der Waals surface area (Å²) in [5, 5.41) is 5.17. The summed E-state index contributed by atoms with van der Waals surface area (Å²) in [5.74, 6) is -1.23. The summed E-state index contributed by atoms with van der Waals surface area (Å²) in [6, 6.07) is 12.8. The van der Waals surface area contributed by atoms with E-state index in [0.29, 0.717) is 18.4 Å². The number of hydrogen-bond donors (Lipinski definition) is 1. The number of likely N-dealkylation sites (N-methyl/N-ethyl adjacent to an activating group) is 1. The lowest BCUT2D eigenvalue weighted by molar-refractivity contribution is -0.122. The first-order valence-electron chi connectivity index (χ1n) is 8.68. The number of nitrogens with zero attached hydrogens (tertiary/aromatic N) is 3. The molecule has 2 amide bonds. The SMILES string of the molecule is CC[C@H](C(N)=O)N(C)C(=O)c1nn(Cc2ccc(F)cc2)c2ccccc12. The van der Waals surface area contributed by atoms with E-state index in [1.165, 1.54) is 17.0 Å². The van der Waals surface area contributed by atoms with Crippen LogP contribution in [0.5, 0.6) is 0 Å². The normalized spacial score (nSPS) is 12.1. The first-order chi connectivity index (χ1) is 12.9. The number of rotatable bonds is 6. The Balaban J connectivity index is 2.00. The molecule has 0 saturated carbocycles. The van der Waals surface area contributed by atoms with Crippen LogP contribution in [-0.2, 0) is 11.3 Å². The maximum atomic E-state index is 13.1. The molecule has 0 saturated heterocycles. The molecule has 140 valence electrons. The predicted octanol–water partition coefficient (Wildman–Crippen LogP) is 2.56. The highest BCUT2D eigenvalue weighted by Crippen LogP contribution is 2.22. The molecule has 1 atom stereocenters. The number of aromatic nitrogens is 2. The van der Waals surface area contributed by atoms with E-state index in [4.69, 9.17) is 5.73 Å². The molecule has 0 bridgehead atoms. The van der Waals surface area contributed by atoms with Crippen LogP contribution in [-0.4, -0.2) is 39.6 Å². The highest BCUT2D eigenvalue weighted by molar-refractivity contribution is 6.06. The lowest BCUT2D eigenvalue weighted by atomic mass is 10.1. The zero-order chi connectivity index (χ0) is 19.6. The van der Waals surface area contributed by atoms with Gasteiger partial charge in [0.05, 0.1) is 12.1 Å². The molecule has 0 radical (unpaired) electrons. The van der Waals surface area contributed by atoms with Crippen molar-refractivity contribution in [1.29, 1.82) is 0 Å². The smallest absolute Gasteiger partial charge is 0.275 e. The summed E-state index contributed by atoms with van der Waals surface area (Å²) < 4.78 is 14.8. The minimum Gasteiger partial charge on any atom is -0.368 e. The van der Waals surface area contributed by atoms with Gasteiger partial charge in [0.15, 0.2) is 5.69 Å². The van der Waals surface area contributed by atoms with Crippen molar-refractivity contribution < 1.29 is 14.0 Å². The maximum Gasteiger partial charge on any atom is 0.275 e. The van der Waals surface area contributed by atoms with Crippen LogP contribution < -0.4 is 5.73 Å². The molecule has 1 heterocycles. The highest BCUT2D eigenvalue weighted by Gasteiger charge is 2.27. The van der Waals surface area contributed by atoms with Crippen molar-refractivity contribution in [2.75, 3.05) is 7.05 Å². The monoisotopic (exact) mass is 368 g/mol. The number of carbonyl (C=O) groups excluding carboxylic acids is 2. The summed E-state index contributed by atoms with van der Waals surface area (Å²) in [6.45, 7) is 2.19. The van der Waals surface area contributed by atoms with E-state index in [9.17, 15) is 14.0 Å². The molecular weight excluding hydrogens is 347 g/mol. The molecule has 7 heteroatoms. The Hall–Kier alpha value is -3.22. The van der Waals surface area contributed by atoms with Crippen molar-refractivity contribution in [3.8, 4) is 0 Å². The van der Waals surface area contributed by atoms with Gasteiger partial charge in [-0.3, -0.25) is 14.3 Å². The van der Waals surface area contributed by atoms with Gasteiger partial charge in [0.1, 0.15) is 11.9 Å². The Morgan fingerprint density at radius 1 is 1.19 bits per heavy atom. The van der Waals surface area contributed by atoms with Crippen LogP contribution in [0.4, 0.5) is 4.39 Å². The predicted molar refractivity (Wildman–Crippen MR) is 101 cm³/mol. The van der Waals surface area contributed by atoms with Gasteiger partial charge in [-0.05, 0) is 30.2 Å². The molecule has 0 aliphatic rings. The van der Waals surface area contributed by atoms with E-state index in [1.807, 2.05) is 24.3 Å². The van der Waals surface area contributed by atoms with Gasteiger partial charge >= 0.3 is 0 Å². The molecule has 0 spiro atoms. The number of halogens is 1. The van der Waals surface area contributed by atoms with Gasteiger partial charge in [-0.25, -0.2) is 4.39 Å². The fraction of sp³-hybridized carbons (Fsp3) is 0.250. The fourth-order valence-electron chi connectivity index (χ4n) is 3.14. The lowest BCUT2D eigenvalue weighted by Crippen LogP contribution is -2.45. The van der Waals surface area contributed by atoms with Crippen LogP contribution in [0.3, 0.4) is 0 Å². The quantitative estimate of drug-likeness (QED) is 0.726. The molecule has 0 unspecified atom stereocenters. The molecule has 3 rings (SSSR count). The summed E-state index contributed by atoms with van der Waals surface area (Å²) in [4.78, 5) is 25.9. The van der Waals surface area contributed by atoms with Crippen molar-refractivity contribution in [3.63, 3.8) is 0 Å². The van der Waals surface area contributed by atoms with E-state index in [-0.39, 0.29) is 17.4 Å². The zero-order valence-corrected chi connectivity index (χ0v) is 15.2. The third-order valence-corrected chi connectivity index (χ3v) is 4.61. The van der Waals surface area contributed by atoms with E-state index in [2.05, 4.69) is 5.10 Å². The maximum absolute atomic E-state index is 13.1. The van der Waals surface area contributed by atoms with Gasteiger partial charge in [-0.2, -0.15) is 5.10 Å². The highest BCUT2D eigenvalue weighted by atomic mass is 19.1. The molecule has 0 fully saturated rings. The number of fused-ring (bicyclic) bond motifs is 1. The fourth-order valence-corrected chi connectivity index (χ4v) is 3.14. The van der Waals surface area contributed by atoms with Crippen molar-refractivity contribution in [2.24, 2.45) is 5.73 Å². The summed E-state index contributed by atoms with van der Waals surface area (Å²) in [5.41, 5.74) is 7.31. The van der Waals surface area contributed by atoms with Crippen LogP contribution in [0.2, 0.25) is 0 Å². The molecule has 2 N–H and O–H groups in total. The number of benzene rings is 2. The van der Waals surface area contributed by atoms with Crippen molar-refractivity contribution in [2.45, 2.75) is 25.9 Å². The van der Waals surface area contributed by atoms with E-state index >= 15 is 0 Å². The van der Waals surface area contributed by atoms with Crippen LogP contribution in [0, 0.1) is 5.82 Å². The van der Waals surface area contributed by atoms with Crippen molar-refractivity contribution >= 4 is 22.7 Å². The average Bonchev–Trinajstić information content (AvgIpc) is 3.02. The average molecular weight is 368 g/mol. The lowest BCUT2D eigenvalue weighted by Gasteiger charge is -2.23. The Morgan fingerprint density at radius 3 is 2.48 bits per heavy atom. The first kappa shape index (κ1) is 18.6. The van der Waals surface area contributed by atoms with Gasteiger partial charge < -0.3 is 10.6 Å². The van der Waals surface area contributed by atoms with Crippen molar-refractivity contribution in [3.05, 3.63) is 65.6 Å². The Labute approximate surface area is 156 Å². The van der Waals surface area contributed by atoms with E-state index in [0.717, 1.165) is 11.1 Å². The summed E-state index contributed by atoms with van der Waals surface area (Å²) in [6.07, 6.45) is 0.422.